The number of rotatable bonds is 1. The zero-order chi connectivity index (χ0) is 13.4. The molecule has 4 nitrogen and oxygen atoms in total. The molecule has 19 heavy (non-hydrogen) atoms. The van der Waals surface area contributed by atoms with E-state index in [-0.39, 0.29) is 22.5 Å². The Labute approximate surface area is 117 Å². The van der Waals surface area contributed by atoms with Gasteiger partial charge in [-0.3, -0.25) is 4.79 Å². The van der Waals surface area contributed by atoms with Gasteiger partial charge in [0.15, 0.2) is 0 Å². The van der Waals surface area contributed by atoms with E-state index >= 15 is 0 Å². The third kappa shape index (κ3) is 2.15. The molecule has 0 fully saturated rings. The minimum absolute atomic E-state index is 0.0835. The summed E-state index contributed by atoms with van der Waals surface area (Å²) in [5.41, 5.74) is 0.959. The van der Waals surface area contributed by atoms with Crippen LogP contribution in [0, 0.1) is 17.2 Å². The Morgan fingerprint density at radius 2 is 2.11 bits per heavy atom. The number of thioether (sulfide) groups is 1. The van der Waals surface area contributed by atoms with Crippen molar-refractivity contribution in [1.29, 1.82) is 5.26 Å². The van der Waals surface area contributed by atoms with E-state index in [1.165, 1.54) is 23.1 Å². The highest BCUT2D eigenvalue weighted by molar-refractivity contribution is 7.99. The summed E-state index contributed by atoms with van der Waals surface area (Å²) in [7, 11) is 0. The quantitative estimate of drug-likeness (QED) is 0.846. The van der Waals surface area contributed by atoms with Crippen LogP contribution in [0.15, 0.2) is 34.1 Å². The highest BCUT2D eigenvalue weighted by Crippen LogP contribution is 2.44. The van der Waals surface area contributed by atoms with Gasteiger partial charge in [-0.15, -0.1) is 11.8 Å². The number of aromatic amines is 1. The molecule has 1 aliphatic rings. The molecule has 1 aromatic heterocycles. The van der Waals surface area contributed by atoms with E-state index in [0.29, 0.717) is 5.75 Å². The molecule has 0 saturated heterocycles. The first-order valence-electron chi connectivity index (χ1n) is 5.73. The highest BCUT2D eigenvalue weighted by Gasteiger charge is 2.33. The zero-order valence-electron chi connectivity index (χ0n) is 9.79. The van der Waals surface area contributed by atoms with Gasteiger partial charge in [-0.2, -0.15) is 5.26 Å². The number of H-pyrrole nitrogens is 1. The van der Waals surface area contributed by atoms with Crippen LogP contribution in [0.25, 0.3) is 0 Å². The van der Waals surface area contributed by atoms with Crippen molar-refractivity contribution in [1.82, 2.24) is 4.98 Å². The number of benzene rings is 1. The maximum Gasteiger partial charge on any atom is 0.305 e. The highest BCUT2D eigenvalue weighted by atomic mass is 32.2. The van der Waals surface area contributed by atoms with Crippen molar-refractivity contribution in [2.24, 2.45) is 5.92 Å². The third-order valence-electron chi connectivity index (χ3n) is 3.15. The molecule has 2 unspecified atom stereocenters. The van der Waals surface area contributed by atoms with Crippen molar-refractivity contribution in [2.45, 2.75) is 10.9 Å². The molecule has 2 N–H and O–H groups in total. The fourth-order valence-electron chi connectivity index (χ4n) is 2.27. The smallest absolute Gasteiger partial charge is 0.305 e. The molecule has 1 aromatic carbocycles. The first-order chi connectivity index (χ1) is 9.19. The van der Waals surface area contributed by atoms with Crippen molar-refractivity contribution in [2.75, 3.05) is 5.75 Å². The molecule has 6 heteroatoms. The standard InChI is InChI=1S/C13H10N2O2S2/c14-5-8-6-18-12-11(19-13(17)15-12)10(8)7-1-3-9(16)4-2-7/h1-4,8,10,16H,6H2,(H,15,17). The Kier molecular flexibility index (Phi) is 3.09. The van der Waals surface area contributed by atoms with Crippen molar-refractivity contribution in [3.63, 3.8) is 0 Å². The summed E-state index contributed by atoms with van der Waals surface area (Å²) in [6.07, 6.45) is 0. The van der Waals surface area contributed by atoms with Gasteiger partial charge in [0.25, 0.3) is 0 Å². The second-order valence-electron chi connectivity index (χ2n) is 4.32. The van der Waals surface area contributed by atoms with Crippen molar-refractivity contribution in [3.8, 4) is 11.8 Å². The predicted molar refractivity (Wildman–Crippen MR) is 74.7 cm³/mol. The Morgan fingerprint density at radius 3 is 2.79 bits per heavy atom. The Balaban J connectivity index is 2.13. The number of aromatic nitrogens is 1. The molecular weight excluding hydrogens is 280 g/mol. The lowest BCUT2D eigenvalue weighted by atomic mass is 9.86. The van der Waals surface area contributed by atoms with E-state index in [2.05, 4.69) is 11.1 Å². The summed E-state index contributed by atoms with van der Waals surface area (Å²) >= 11 is 2.70. The van der Waals surface area contributed by atoms with Crippen LogP contribution in [0.1, 0.15) is 16.4 Å². The maximum atomic E-state index is 11.5. The molecule has 0 spiro atoms. The Morgan fingerprint density at radius 1 is 1.37 bits per heavy atom. The molecular formula is C13H10N2O2S2. The van der Waals surface area contributed by atoms with Crippen molar-refractivity contribution < 1.29 is 5.11 Å². The van der Waals surface area contributed by atoms with Crippen LogP contribution >= 0.6 is 23.1 Å². The van der Waals surface area contributed by atoms with Gasteiger partial charge in [0, 0.05) is 16.5 Å². The van der Waals surface area contributed by atoms with E-state index in [1.54, 1.807) is 12.1 Å². The molecule has 2 atom stereocenters. The number of hydrogen-bond donors (Lipinski definition) is 2. The van der Waals surface area contributed by atoms with Crippen LogP contribution in [0.2, 0.25) is 0 Å². The van der Waals surface area contributed by atoms with Crippen LogP contribution in [-0.4, -0.2) is 15.8 Å². The summed E-state index contributed by atoms with van der Waals surface area (Å²) < 4.78 is 0. The molecule has 0 bridgehead atoms. The monoisotopic (exact) mass is 290 g/mol. The lowest BCUT2D eigenvalue weighted by Gasteiger charge is -2.26. The Bertz CT molecular complexity index is 697. The lowest BCUT2D eigenvalue weighted by Crippen LogP contribution is -2.18. The fourth-order valence-corrected chi connectivity index (χ4v) is 4.60. The first kappa shape index (κ1) is 12.3. The summed E-state index contributed by atoms with van der Waals surface area (Å²) in [6, 6.07) is 9.18. The lowest BCUT2D eigenvalue weighted by molar-refractivity contribution is 0.474. The van der Waals surface area contributed by atoms with Crippen molar-refractivity contribution >= 4 is 23.1 Å². The molecule has 0 amide bonds. The van der Waals surface area contributed by atoms with E-state index in [1.807, 2.05) is 12.1 Å². The van der Waals surface area contributed by atoms with E-state index < -0.39 is 0 Å². The van der Waals surface area contributed by atoms with Crippen LogP contribution in [0.5, 0.6) is 5.75 Å². The fraction of sp³-hybridized carbons (Fsp3) is 0.231. The number of nitrogens with zero attached hydrogens (tertiary/aromatic N) is 1. The van der Waals surface area contributed by atoms with Gasteiger partial charge in [-0.1, -0.05) is 23.5 Å². The van der Waals surface area contributed by atoms with E-state index in [0.717, 1.165) is 15.5 Å². The number of phenols is 1. The van der Waals surface area contributed by atoms with E-state index in [4.69, 9.17) is 0 Å². The maximum absolute atomic E-state index is 11.5. The van der Waals surface area contributed by atoms with Crippen molar-refractivity contribution in [3.05, 3.63) is 44.4 Å². The van der Waals surface area contributed by atoms with Gasteiger partial charge in [-0.05, 0) is 17.7 Å². The second kappa shape index (κ2) is 4.76. The molecule has 2 heterocycles. The van der Waals surface area contributed by atoms with Gasteiger partial charge in [-0.25, -0.2) is 0 Å². The third-order valence-corrected chi connectivity index (χ3v) is 5.38. The van der Waals surface area contributed by atoms with Crippen LogP contribution < -0.4 is 4.87 Å². The summed E-state index contributed by atoms with van der Waals surface area (Å²) in [5.74, 6) is 0.617. The SMILES string of the molecule is N#CC1CSc2[nH]c(=O)sc2C1c1ccc(O)cc1. The number of hydrogen-bond acceptors (Lipinski definition) is 5. The molecule has 0 radical (unpaired) electrons. The number of nitriles is 1. The average Bonchev–Trinajstić information content (AvgIpc) is 2.79. The minimum Gasteiger partial charge on any atom is -0.508 e. The van der Waals surface area contributed by atoms with Crippen LogP contribution in [-0.2, 0) is 0 Å². The molecule has 0 saturated carbocycles. The molecule has 0 aliphatic carbocycles. The molecule has 3 rings (SSSR count). The van der Waals surface area contributed by atoms with Gasteiger partial charge < -0.3 is 10.1 Å². The topological polar surface area (TPSA) is 76.9 Å². The van der Waals surface area contributed by atoms with Gasteiger partial charge in [0.1, 0.15) is 5.75 Å². The van der Waals surface area contributed by atoms with Gasteiger partial charge >= 0.3 is 4.87 Å². The Hall–Kier alpha value is -1.71. The number of phenolic OH excluding ortho intramolecular Hbond substituents is 1. The number of fused-ring (bicyclic) bond motifs is 1. The summed E-state index contributed by atoms with van der Waals surface area (Å²) in [5, 5.41) is 19.5. The van der Waals surface area contributed by atoms with E-state index in [9.17, 15) is 15.2 Å². The minimum atomic E-state index is -0.159. The second-order valence-corrected chi connectivity index (χ2v) is 6.37. The molecule has 96 valence electrons. The normalized spacial score (nSPS) is 21.6. The average molecular weight is 290 g/mol. The number of thiazole rings is 1. The van der Waals surface area contributed by atoms with Crippen LogP contribution in [0.3, 0.4) is 0 Å². The summed E-state index contributed by atoms with van der Waals surface area (Å²) in [6.45, 7) is 0. The zero-order valence-corrected chi connectivity index (χ0v) is 11.4. The van der Waals surface area contributed by atoms with Gasteiger partial charge in [0.2, 0.25) is 0 Å². The molecule has 1 aliphatic heterocycles. The number of nitrogens with one attached hydrogen (secondary N) is 1. The molecule has 2 aromatic rings. The predicted octanol–water partition coefficient (Wildman–Crippen LogP) is 2.52. The largest absolute Gasteiger partial charge is 0.508 e. The van der Waals surface area contributed by atoms with Gasteiger partial charge in [0.05, 0.1) is 17.0 Å². The summed E-state index contributed by atoms with van der Waals surface area (Å²) in [4.78, 5) is 15.2. The number of aromatic hydroxyl groups is 1. The first-order valence-corrected chi connectivity index (χ1v) is 7.53. The van der Waals surface area contributed by atoms with Crippen LogP contribution in [0.4, 0.5) is 0 Å².